The number of hydrogen-bond acceptors (Lipinski definition) is 3. The summed E-state index contributed by atoms with van der Waals surface area (Å²) in [7, 11) is 0. The molecule has 0 aliphatic heterocycles. The average molecular weight is 267 g/mol. The summed E-state index contributed by atoms with van der Waals surface area (Å²) in [5.41, 5.74) is 1.68. The van der Waals surface area contributed by atoms with Gasteiger partial charge in [0.1, 0.15) is 11.7 Å². The van der Waals surface area contributed by atoms with Gasteiger partial charge in [0, 0.05) is 22.7 Å². The number of hydrogen-bond donors (Lipinski definition) is 0. The molecule has 3 rings (SSSR count). The maximum absolute atomic E-state index is 11.0. The van der Waals surface area contributed by atoms with Crippen LogP contribution in [0.3, 0.4) is 0 Å². The van der Waals surface area contributed by atoms with Crippen LogP contribution in [0.25, 0.3) is 11.0 Å². The van der Waals surface area contributed by atoms with Gasteiger partial charge in [0.05, 0.1) is 0 Å². The van der Waals surface area contributed by atoms with Crippen molar-refractivity contribution in [2.24, 2.45) is 0 Å². The quantitative estimate of drug-likeness (QED) is 0.539. The van der Waals surface area contributed by atoms with E-state index >= 15 is 0 Å². The first-order chi connectivity index (χ1) is 9.75. The molecule has 0 aliphatic carbocycles. The molecule has 0 amide bonds. The van der Waals surface area contributed by atoms with Crippen LogP contribution in [0.1, 0.15) is 11.6 Å². The Bertz CT molecular complexity index is 737. The molecule has 0 spiro atoms. The fraction of sp³-hybridized carbons (Fsp3) is 0.133. The largest absolute Gasteiger partial charge is 0.318 e. The lowest BCUT2D eigenvalue weighted by molar-refractivity contribution is -0.484. The average Bonchev–Trinajstić information content (AvgIpc) is 2.89. The van der Waals surface area contributed by atoms with Crippen LogP contribution < -0.4 is 0 Å². The highest BCUT2D eigenvalue weighted by Crippen LogP contribution is 2.24. The normalized spacial score (nSPS) is 12.4. The van der Waals surface area contributed by atoms with Crippen LogP contribution in [0.4, 0.5) is 0 Å². The van der Waals surface area contributed by atoms with Crippen LogP contribution in [0.2, 0.25) is 0 Å². The molecular weight excluding hydrogens is 254 g/mol. The Morgan fingerprint density at radius 3 is 2.70 bits per heavy atom. The summed E-state index contributed by atoms with van der Waals surface area (Å²) in [6.07, 6.45) is 3.56. The fourth-order valence-electron chi connectivity index (χ4n) is 2.41. The predicted octanol–water partition coefficient (Wildman–Crippen LogP) is 2.90. The van der Waals surface area contributed by atoms with Gasteiger partial charge in [-0.2, -0.15) is 0 Å². The number of aromatic nitrogens is 2. The van der Waals surface area contributed by atoms with Crippen LogP contribution in [0.5, 0.6) is 0 Å². The summed E-state index contributed by atoms with van der Waals surface area (Å²) < 4.78 is 1.87. The van der Waals surface area contributed by atoms with E-state index in [-0.39, 0.29) is 17.5 Å². The summed E-state index contributed by atoms with van der Waals surface area (Å²) in [5.74, 6) is 0. The zero-order valence-electron chi connectivity index (χ0n) is 10.7. The number of fused-ring (bicyclic) bond motifs is 1. The van der Waals surface area contributed by atoms with Crippen LogP contribution in [0.15, 0.2) is 60.9 Å². The Kier molecular flexibility index (Phi) is 3.16. The first-order valence-corrected chi connectivity index (χ1v) is 6.34. The highest BCUT2D eigenvalue weighted by atomic mass is 16.6. The second kappa shape index (κ2) is 5.13. The monoisotopic (exact) mass is 267 g/mol. The molecule has 20 heavy (non-hydrogen) atoms. The number of nitro groups is 1. The van der Waals surface area contributed by atoms with Crippen molar-refractivity contribution in [2.45, 2.75) is 6.04 Å². The summed E-state index contributed by atoms with van der Waals surface area (Å²) >= 11 is 0. The van der Waals surface area contributed by atoms with E-state index in [1.165, 1.54) is 0 Å². The molecule has 2 heterocycles. The van der Waals surface area contributed by atoms with E-state index in [1.54, 1.807) is 6.20 Å². The van der Waals surface area contributed by atoms with Gasteiger partial charge < -0.3 is 4.57 Å². The van der Waals surface area contributed by atoms with Crippen molar-refractivity contribution in [1.29, 1.82) is 0 Å². The van der Waals surface area contributed by atoms with Gasteiger partial charge in [-0.3, -0.25) is 10.1 Å². The third-order valence-corrected chi connectivity index (χ3v) is 3.32. The lowest BCUT2D eigenvalue weighted by Gasteiger charge is -2.16. The number of rotatable bonds is 4. The lowest BCUT2D eigenvalue weighted by atomic mass is 10.1. The van der Waals surface area contributed by atoms with Crippen LogP contribution >= 0.6 is 0 Å². The number of nitrogens with zero attached hydrogens (tertiary/aromatic N) is 3. The van der Waals surface area contributed by atoms with Gasteiger partial charge in [0.25, 0.3) is 0 Å². The van der Waals surface area contributed by atoms with Gasteiger partial charge in [-0.25, -0.2) is 4.98 Å². The smallest absolute Gasteiger partial charge is 0.228 e. The van der Waals surface area contributed by atoms with Gasteiger partial charge in [-0.1, -0.05) is 30.3 Å². The Morgan fingerprint density at radius 2 is 1.95 bits per heavy atom. The van der Waals surface area contributed by atoms with Crippen molar-refractivity contribution in [3.8, 4) is 0 Å². The van der Waals surface area contributed by atoms with Crippen molar-refractivity contribution in [3.05, 3.63) is 76.6 Å². The van der Waals surface area contributed by atoms with Gasteiger partial charge in [-0.05, 0) is 23.8 Å². The second-order valence-corrected chi connectivity index (χ2v) is 4.58. The Hall–Kier alpha value is -2.69. The minimum atomic E-state index is -0.349. The molecule has 0 bridgehead atoms. The highest BCUT2D eigenvalue weighted by Gasteiger charge is 2.21. The predicted molar refractivity (Wildman–Crippen MR) is 76.2 cm³/mol. The minimum Gasteiger partial charge on any atom is -0.318 e. The van der Waals surface area contributed by atoms with Crippen molar-refractivity contribution in [1.82, 2.24) is 9.55 Å². The zero-order chi connectivity index (χ0) is 13.9. The first-order valence-electron chi connectivity index (χ1n) is 6.34. The van der Waals surface area contributed by atoms with E-state index in [4.69, 9.17) is 0 Å². The van der Waals surface area contributed by atoms with Crippen LogP contribution in [-0.2, 0) is 0 Å². The van der Waals surface area contributed by atoms with Crippen molar-refractivity contribution >= 4 is 11.0 Å². The second-order valence-electron chi connectivity index (χ2n) is 4.58. The molecule has 0 saturated heterocycles. The van der Waals surface area contributed by atoms with Crippen LogP contribution in [-0.4, -0.2) is 21.0 Å². The number of pyridine rings is 1. The molecule has 3 aromatic rings. The minimum absolute atomic E-state index is 0.162. The van der Waals surface area contributed by atoms with Crippen molar-refractivity contribution in [3.63, 3.8) is 0 Å². The topological polar surface area (TPSA) is 61.0 Å². The standard InChI is InChI=1S/C15H13N3O2/c19-18(20)11-14(12-5-2-1-3-6-12)17-10-8-13-7-4-9-16-15(13)17/h1-10,14H,11H2. The third kappa shape index (κ3) is 2.25. The molecule has 2 aromatic heterocycles. The molecule has 1 aromatic carbocycles. The van der Waals surface area contributed by atoms with E-state index in [1.807, 2.05) is 59.3 Å². The maximum Gasteiger partial charge on any atom is 0.228 e. The third-order valence-electron chi connectivity index (χ3n) is 3.32. The Balaban J connectivity index is 2.12. The summed E-state index contributed by atoms with van der Waals surface area (Å²) in [6, 6.07) is 14.9. The van der Waals surface area contributed by atoms with Crippen molar-refractivity contribution < 1.29 is 4.92 Å². The fourth-order valence-corrected chi connectivity index (χ4v) is 2.41. The highest BCUT2D eigenvalue weighted by molar-refractivity contribution is 5.76. The first kappa shape index (κ1) is 12.3. The molecule has 5 heteroatoms. The van der Waals surface area contributed by atoms with E-state index in [9.17, 15) is 10.1 Å². The van der Waals surface area contributed by atoms with Gasteiger partial charge in [-0.15, -0.1) is 0 Å². The molecule has 5 nitrogen and oxygen atoms in total. The molecule has 1 unspecified atom stereocenters. The van der Waals surface area contributed by atoms with E-state index in [0.717, 1.165) is 16.6 Å². The van der Waals surface area contributed by atoms with Crippen molar-refractivity contribution in [2.75, 3.05) is 6.54 Å². The molecule has 0 radical (unpaired) electrons. The maximum atomic E-state index is 11.0. The van der Waals surface area contributed by atoms with Gasteiger partial charge in [0.15, 0.2) is 0 Å². The van der Waals surface area contributed by atoms with Crippen LogP contribution in [0, 0.1) is 10.1 Å². The molecule has 0 aliphatic rings. The molecular formula is C15H13N3O2. The molecule has 100 valence electrons. The molecule has 0 fully saturated rings. The van der Waals surface area contributed by atoms with E-state index < -0.39 is 0 Å². The summed E-state index contributed by atoms with van der Waals surface area (Å²) in [6.45, 7) is -0.162. The van der Waals surface area contributed by atoms with Gasteiger partial charge in [0.2, 0.25) is 6.54 Å². The molecule has 0 N–H and O–H groups in total. The summed E-state index contributed by atoms with van der Waals surface area (Å²) in [4.78, 5) is 15.0. The van der Waals surface area contributed by atoms with E-state index in [2.05, 4.69) is 4.98 Å². The number of benzene rings is 1. The van der Waals surface area contributed by atoms with Gasteiger partial charge >= 0.3 is 0 Å². The SMILES string of the molecule is O=[N+]([O-])CC(c1ccccc1)n1ccc2cccnc21. The zero-order valence-corrected chi connectivity index (χ0v) is 10.7. The Morgan fingerprint density at radius 1 is 1.15 bits per heavy atom. The molecule has 1 atom stereocenters. The lowest BCUT2D eigenvalue weighted by Crippen LogP contribution is -2.19. The molecule has 0 saturated carbocycles. The van der Waals surface area contributed by atoms with E-state index in [0.29, 0.717) is 0 Å². The Labute approximate surface area is 115 Å². The summed E-state index contributed by atoms with van der Waals surface area (Å²) in [5, 5.41) is 12.0.